The fourth-order valence-corrected chi connectivity index (χ4v) is 1.44. The highest BCUT2D eigenvalue weighted by Gasteiger charge is 2.04. The van der Waals surface area contributed by atoms with E-state index in [1.165, 1.54) is 12.1 Å². The predicted molar refractivity (Wildman–Crippen MR) is 46.7 cm³/mol. The molecule has 0 bridgehead atoms. The van der Waals surface area contributed by atoms with Gasteiger partial charge in [0.2, 0.25) is 3.77 Å². The zero-order valence-electron chi connectivity index (χ0n) is 5.34. The normalized spacial score (nSPS) is 10.7. The van der Waals surface area contributed by atoms with E-state index in [0.717, 1.165) is 5.39 Å². The van der Waals surface area contributed by atoms with Crippen molar-refractivity contribution in [2.45, 2.75) is 0 Å². The van der Waals surface area contributed by atoms with Crippen LogP contribution in [0.25, 0.3) is 10.9 Å². The Hall–Kier alpha value is -0.650. The van der Waals surface area contributed by atoms with E-state index in [9.17, 15) is 4.39 Å². The van der Waals surface area contributed by atoms with Crippen molar-refractivity contribution in [3.8, 4) is 0 Å². The maximum atomic E-state index is 12.6. The molecule has 2 nitrogen and oxygen atoms in total. The van der Waals surface area contributed by atoms with E-state index in [0.29, 0.717) is 9.28 Å². The monoisotopic (exact) mass is 263 g/mol. The highest BCUT2D eigenvalue weighted by Crippen LogP contribution is 2.20. The Balaban J connectivity index is 2.86. The van der Waals surface area contributed by atoms with Gasteiger partial charge in [-0.3, -0.25) is 0 Å². The highest BCUT2D eigenvalue weighted by molar-refractivity contribution is 14.1. The van der Waals surface area contributed by atoms with Crippen LogP contribution in [0.1, 0.15) is 0 Å². The molecule has 2 rings (SSSR count). The molecule has 0 N–H and O–H groups in total. The third kappa shape index (κ3) is 1.11. The molecule has 1 aromatic carbocycles. The first kappa shape index (κ1) is 7.02. The zero-order valence-corrected chi connectivity index (χ0v) is 7.50. The van der Waals surface area contributed by atoms with Gasteiger partial charge in [0.1, 0.15) is 11.3 Å². The summed E-state index contributed by atoms with van der Waals surface area (Å²) in [5.41, 5.74) is 0.564. The Labute approximate surface area is 75.5 Å². The molecular weight excluding hydrogens is 260 g/mol. The first-order valence-corrected chi connectivity index (χ1v) is 4.06. The van der Waals surface area contributed by atoms with Gasteiger partial charge in [-0.2, -0.15) is 0 Å². The molecule has 11 heavy (non-hydrogen) atoms. The largest absolute Gasteiger partial charge is 0.349 e. The summed E-state index contributed by atoms with van der Waals surface area (Å²) in [7, 11) is 0. The number of halogens is 2. The first-order chi connectivity index (χ1) is 5.27. The zero-order chi connectivity index (χ0) is 7.84. The summed E-state index contributed by atoms with van der Waals surface area (Å²) < 4.78 is 18.1. The Morgan fingerprint density at radius 1 is 1.45 bits per heavy atom. The Kier molecular flexibility index (Phi) is 1.56. The molecule has 0 radical (unpaired) electrons. The molecule has 56 valence electrons. The van der Waals surface area contributed by atoms with Crippen LogP contribution in [0, 0.1) is 9.58 Å². The number of hydrogen-bond donors (Lipinski definition) is 0. The molecule has 0 atom stereocenters. The van der Waals surface area contributed by atoms with E-state index in [1.807, 2.05) is 22.6 Å². The summed E-state index contributed by atoms with van der Waals surface area (Å²) in [5.74, 6) is -0.290. The molecule has 0 aliphatic rings. The minimum absolute atomic E-state index is 0.290. The van der Waals surface area contributed by atoms with Gasteiger partial charge in [0.15, 0.2) is 0 Å². The summed E-state index contributed by atoms with van der Waals surface area (Å²) in [4.78, 5) is 0. The number of hydrogen-bond acceptors (Lipinski definition) is 2. The van der Waals surface area contributed by atoms with Gasteiger partial charge in [0, 0.05) is 28.7 Å². The molecule has 0 saturated heterocycles. The van der Waals surface area contributed by atoms with Gasteiger partial charge >= 0.3 is 0 Å². The molecule has 1 aromatic heterocycles. The summed E-state index contributed by atoms with van der Waals surface area (Å²) in [6, 6.07) is 4.39. The van der Waals surface area contributed by atoms with E-state index in [1.54, 1.807) is 6.07 Å². The van der Waals surface area contributed by atoms with Gasteiger partial charge in [0.05, 0.1) is 5.39 Å². The van der Waals surface area contributed by atoms with Crippen molar-refractivity contribution < 1.29 is 8.91 Å². The smallest absolute Gasteiger partial charge is 0.204 e. The summed E-state index contributed by atoms with van der Waals surface area (Å²) in [6.07, 6.45) is 0. The third-order valence-corrected chi connectivity index (χ3v) is 2.17. The second-order valence-electron chi connectivity index (χ2n) is 2.12. The fourth-order valence-electron chi connectivity index (χ4n) is 0.885. The molecule has 0 aliphatic carbocycles. The Morgan fingerprint density at radius 2 is 2.27 bits per heavy atom. The van der Waals surface area contributed by atoms with Crippen molar-refractivity contribution in [1.82, 2.24) is 5.16 Å². The average Bonchev–Trinajstić information content (AvgIpc) is 2.32. The van der Waals surface area contributed by atoms with Crippen molar-refractivity contribution in [3.63, 3.8) is 0 Å². The van der Waals surface area contributed by atoms with Crippen LogP contribution in [0.2, 0.25) is 0 Å². The SMILES string of the molecule is Fc1ccc2c(I)onc2c1. The summed E-state index contributed by atoms with van der Waals surface area (Å²) in [5, 5.41) is 4.51. The maximum absolute atomic E-state index is 12.6. The molecule has 0 amide bonds. The predicted octanol–water partition coefficient (Wildman–Crippen LogP) is 2.57. The van der Waals surface area contributed by atoms with Crippen molar-refractivity contribution in [3.05, 3.63) is 27.8 Å². The lowest BCUT2D eigenvalue weighted by Crippen LogP contribution is -1.72. The lowest BCUT2D eigenvalue weighted by molar-refractivity contribution is 0.406. The van der Waals surface area contributed by atoms with Crippen LogP contribution in [-0.4, -0.2) is 5.16 Å². The van der Waals surface area contributed by atoms with Gasteiger partial charge in [-0.25, -0.2) is 4.39 Å². The fraction of sp³-hybridized carbons (Fsp3) is 0. The Morgan fingerprint density at radius 3 is 3.09 bits per heavy atom. The highest BCUT2D eigenvalue weighted by atomic mass is 127. The van der Waals surface area contributed by atoms with E-state index in [2.05, 4.69) is 5.16 Å². The van der Waals surface area contributed by atoms with Gasteiger partial charge in [-0.05, 0) is 12.1 Å². The quantitative estimate of drug-likeness (QED) is 0.683. The molecule has 0 unspecified atom stereocenters. The summed E-state index contributed by atoms with van der Waals surface area (Å²) in [6.45, 7) is 0. The van der Waals surface area contributed by atoms with Gasteiger partial charge < -0.3 is 4.52 Å². The van der Waals surface area contributed by atoms with Crippen molar-refractivity contribution >= 4 is 33.5 Å². The molecule has 0 fully saturated rings. The lowest BCUT2D eigenvalue weighted by Gasteiger charge is -1.85. The van der Waals surface area contributed by atoms with E-state index in [4.69, 9.17) is 4.52 Å². The van der Waals surface area contributed by atoms with E-state index >= 15 is 0 Å². The van der Waals surface area contributed by atoms with Crippen molar-refractivity contribution in [1.29, 1.82) is 0 Å². The van der Waals surface area contributed by atoms with E-state index < -0.39 is 0 Å². The number of rotatable bonds is 0. The van der Waals surface area contributed by atoms with Crippen LogP contribution in [0.4, 0.5) is 4.39 Å². The number of nitrogens with zero attached hydrogens (tertiary/aromatic N) is 1. The van der Waals surface area contributed by atoms with Crippen molar-refractivity contribution in [2.75, 3.05) is 0 Å². The molecular formula is C7H3FINO. The van der Waals surface area contributed by atoms with Crippen LogP contribution < -0.4 is 0 Å². The van der Waals surface area contributed by atoms with Gasteiger partial charge in [-0.15, -0.1) is 0 Å². The van der Waals surface area contributed by atoms with Gasteiger partial charge in [0.25, 0.3) is 0 Å². The number of benzene rings is 1. The molecule has 0 saturated carbocycles. The lowest BCUT2D eigenvalue weighted by atomic mass is 10.2. The second kappa shape index (κ2) is 2.44. The van der Waals surface area contributed by atoms with Crippen LogP contribution in [0.5, 0.6) is 0 Å². The number of aromatic nitrogens is 1. The van der Waals surface area contributed by atoms with Gasteiger partial charge in [-0.1, -0.05) is 5.16 Å². The van der Waals surface area contributed by atoms with Crippen molar-refractivity contribution in [2.24, 2.45) is 0 Å². The van der Waals surface area contributed by atoms with Crippen LogP contribution >= 0.6 is 22.6 Å². The van der Waals surface area contributed by atoms with Crippen LogP contribution in [-0.2, 0) is 0 Å². The molecule has 2 aromatic rings. The topological polar surface area (TPSA) is 26.0 Å². The second-order valence-corrected chi connectivity index (χ2v) is 3.10. The minimum atomic E-state index is -0.290. The van der Waals surface area contributed by atoms with Crippen LogP contribution in [0.3, 0.4) is 0 Å². The standard InChI is InChI=1S/C7H3FINO/c8-4-1-2-5-6(3-4)10-11-7(5)9/h1-3H. The molecule has 4 heteroatoms. The molecule has 1 heterocycles. The molecule has 0 aliphatic heterocycles. The summed E-state index contributed by atoms with van der Waals surface area (Å²) >= 11 is 2.01. The third-order valence-electron chi connectivity index (χ3n) is 1.40. The van der Waals surface area contributed by atoms with Crippen LogP contribution in [0.15, 0.2) is 22.7 Å². The minimum Gasteiger partial charge on any atom is -0.349 e. The average molecular weight is 263 g/mol. The van der Waals surface area contributed by atoms with E-state index in [-0.39, 0.29) is 5.82 Å². The molecule has 0 spiro atoms. The maximum Gasteiger partial charge on any atom is 0.204 e. The first-order valence-electron chi connectivity index (χ1n) is 2.98. The Bertz CT molecular complexity index is 398. The number of fused-ring (bicyclic) bond motifs is 1.